The van der Waals surface area contributed by atoms with E-state index in [0.717, 1.165) is 12.8 Å². The Morgan fingerprint density at radius 1 is 0.902 bits per heavy atom. The van der Waals surface area contributed by atoms with Crippen LogP contribution in [0.25, 0.3) is 5.57 Å². The average Bonchev–Trinajstić information content (AvgIpc) is 3.55. The Hall–Kier alpha value is -4.16. The Bertz CT molecular complexity index is 1670. The van der Waals surface area contributed by atoms with E-state index in [4.69, 9.17) is 6.58 Å². The van der Waals surface area contributed by atoms with E-state index in [1.165, 1.54) is 66.8 Å². The molecule has 3 aliphatic carbocycles. The second-order valence-corrected chi connectivity index (χ2v) is 12.1. The van der Waals surface area contributed by atoms with Gasteiger partial charge in [0, 0.05) is 17.3 Å². The highest BCUT2D eigenvalue weighted by molar-refractivity contribution is 5.86. The molecule has 6 rings (SSSR count). The highest BCUT2D eigenvalue weighted by Crippen LogP contribution is 2.58. The first-order valence-corrected chi connectivity index (χ1v) is 14.9. The molecular weight excluding hydrogens is 492 g/mol. The molecule has 0 amide bonds. The minimum Gasteiger partial charge on any atom is -0.0955 e. The van der Waals surface area contributed by atoms with E-state index in [0.29, 0.717) is 0 Å². The Balaban J connectivity index is 1.45. The summed E-state index contributed by atoms with van der Waals surface area (Å²) in [5, 5.41) is 0. The lowest BCUT2D eigenvalue weighted by Crippen LogP contribution is -2.38. The van der Waals surface area contributed by atoms with Crippen molar-refractivity contribution in [3.05, 3.63) is 184 Å². The molecule has 0 nitrogen and oxygen atoms in total. The molecule has 0 heteroatoms. The summed E-state index contributed by atoms with van der Waals surface area (Å²) in [5.41, 5.74) is 15.6. The topological polar surface area (TPSA) is 0 Å². The molecule has 41 heavy (non-hydrogen) atoms. The van der Waals surface area contributed by atoms with Crippen molar-refractivity contribution in [2.24, 2.45) is 5.92 Å². The van der Waals surface area contributed by atoms with E-state index in [2.05, 4.69) is 144 Å². The Kier molecular flexibility index (Phi) is 7.04. The number of benzene rings is 3. The SMILES string of the molecule is C=C(CC)C1=C(C)C=C2C/C(=C\C3=CC(c4ccccc4)C=C3c3ccc(C)cc3)C(=C)C2C1(C)c1ccccc1. The van der Waals surface area contributed by atoms with Gasteiger partial charge in [0.15, 0.2) is 0 Å². The molecule has 0 aliphatic heterocycles. The van der Waals surface area contributed by atoms with E-state index in [1.807, 2.05) is 0 Å². The molecule has 3 aliphatic rings. The molecule has 3 unspecified atom stereocenters. The predicted octanol–water partition coefficient (Wildman–Crippen LogP) is 10.8. The van der Waals surface area contributed by atoms with Gasteiger partial charge in [0.1, 0.15) is 0 Å². The van der Waals surface area contributed by atoms with Crippen LogP contribution in [0.2, 0.25) is 0 Å². The first-order chi connectivity index (χ1) is 19.8. The van der Waals surface area contributed by atoms with Crippen LogP contribution in [0.3, 0.4) is 0 Å². The van der Waals surface area contributed by atoms with Crippen LogP contribution in [0, 0.1) is 12.8 Å². The van der Waals surface area contributed by atoms with Crippen LogP contribution in [-0.2, 0) is 5.41 Å². The van der Waals surface area contributed by atoms with Crippen LogP contribution in [0.4, 0.5) is 0 Å². The second-order valence-electron chi connectivity index (χ2n) is 12.1. The van der Waals surface area contributed by atoms with E-state index in [1.54, 1.807) is 0 Å². The summed E-state index contributed by atoms with van der Waals surface area (Å²) in [6.07, 6.45) is 11.6. The summed E-state index contributed by atoms with van der Waals surface area (Å²) in [5.74, 6) is 0.477. The first kappa shape index (κ1) is 27.0. The van der Waals surface area contributed by atoms with Gasteiger partial charge in [0.05, 0.1) is 0 Å². The molecule has 204 valence electrons. The molecule has 3 atom stereocenters. The lowest BCUT2D eigenvalue weighted by Gasteiger charge is -2.44. The van der Waals surface area contributed by atoms with Crippen molar-refractivity contribution >= 4 is 5.57 Å². The van der Waals surface area contributed by atoms with Gasteiger partial charge in [0.25, 0.3) is 0 Å². The fourth-order valence-corrected chi connectivity index (χ4v) is 7.45. The van der Waals surface area contributed by atoms with Crippen LogP contribution in [0.5, 0.6) is 0 Å². The van der Waals surface area contributed by atoms with Crippen LogP contribution < -0.4 is 0 Å². The molecule has 0 radical (unpaired) electrons. The molecule has 3 aromatic carbocycles. The summed E-state index contributed by atoms with van der Waals surface area (Å²) in [4.78, 5) is 0. The summed E-state index contributed by atoms with van der Waals surface area (Å²) in [6.45, 7) is 18.4. The fraction of sp³-hybridized carbons (Fsp3) is 0.220. The van der Waals surface area contributed by atoms with E-state index >= 15 is 0 Å². The van der Waals surface area contributed by atoms with Crippen molar-refractivity contribution in [2.45, 2.75) is 51.9 Å². The molecule has 0 N–H and O–H groups in total. The van der Waals surface area contributed by atoms with Crippen LogP contribution in [-0.4, -0.2) is 0 Å². The van der Waals surface area contributed by atoms with Crippen LogP contribution in [0.15, 0.2) is 161 Å². The fourth-order valence-electron chi connectivity index (χ4n) is 7.45. The lowest BCUT2D eigenvalue weighted by molar-refractivity contribution is 0.445. The van der Waals surface area contributed by atoms with Crippen molar-refractivity contribution in [2.75, 3.05) is 0 Å². The van der Waals surface area contributed by atoms with Crippen molar-refractivity contribution in [1.82, 2.24) is 0 Å². The minimum absolute atomic E-state index is 0.207. The number of hydrogen-bond donors (Lipinski definition) is 0. The summed E-state index contributed by atoms with van der Waals surface area (Å²) >= 11 is 0. The van der Waals surface area contributed by atoms with Gasteiger partial charge in [0.2, 0.25) is 0 Å². The normalized spacial score (nSPS) is 24.7. The van der Waals surface area contributed by atoms with E-state index in [9.17, 15) is 0 Å². The lowest BCUT2D eigenvalue weighted by atomic mass is 9.59. The van der Waals surface area contributed by atoms with Crippen molar-refractivity contribution < 1.29 is 0 Å². The molecule has 0 heterocycles. The molecule has 1 fully saturated rings. The largest absolute Gasteiger partial charge is 0.0955 e. The summed E-state index contributed by atoms with van der Waals surface area (Å²) < 4.78 is 0. The number of rotatable bonds is 6. The third kappa shape index (κ3) is 4.66. The molecular formula is C41H40. The molecule has 1 saturated carbocycles. The smallest absolute Gasteiger partial charge is 0.0285 e. The highest BCUT2D eigenvalue weighted by Gasteiger charge is 2.49. The molecule has 0 spiro atoms. The number of fused-ring (bicyclic) bond motifs is 1. The van der Waals surface area contributed by atoms with Crippen LogP contribution >= 0.6 is 0 Å². The second kappa shape index (κ2) is 10.7. The molecule has 3 aromatic rings. The van der Waals surface area contributed by atoms with Crippen molar-refractivity contribution in [3.63, 3.8) is 0 Å². The zero-order valence-corrected chi connectivity index (χ0v) is 24.9. The van der Waals surface area contributed by atoms with Crippen molar-refractivity contribution in [1.29, 1.82) is 0 Å². The third-order valence-corrected chi connectivity index (χ3v) is 9.47. The van der Waals surface area contributed by atoms with Crippen molar-refractivity contribution in [3.8, 4) is 0 Å². The molecule has 0 bridgehead atoms. The van der Waals surface area contributed by atoms with Gasteiger partial charge in [-0.3, -0.25) is 0 Å². The maximum Gasteiger partial charge on any atom is 0.0285 e. The number of allylic oxidation sites excluding steroid dienone is 12. The predicted molar refractivity (Wildman–Crippen MR) is 176 cm³/mol. The highest BCUT2D eigenvalue weighted by atomic mass is 14.5. The zero-order chi connectivity index (χ0) is 28.7. The Morgan fingerprint density at radius 2 is 1.56 bits per heavy atom. The van der Waals surface area contributed by atoms with Gasteiger partial charge in [-0.2, -0.15) is 0 Å². The average molecular weight is 533 g/mol. The van der Waals surface area contributed by atoms with Crippen LogP contribution in [0.1, 0.15) is 61.8 Å². The quantitative estimate of drug-likeness (QED) is 0.296. The van der Waals surface area contributed by atoms with Gasteiger partial charge in [-0.05, 0) is 76.8 Å². The summed E-state index contributed by atoms with van der Waals surface area (Å²) in [6, 6.07) is 30.8. The molecule has 0 saturated heterocycles. The number of hydrogen-bond acceptors (Lipinski definition) is 0. The van der Waals surface area contributed by atoms with E-state index < -0.39 is 0 Å². The number of aryl methyl sites for hydroxylation is 1. The monoisotopic (exact) mass is 532 g/mol. The molecule has 0 aromatic heterocycles. The van der Waals surface area contributed by atoms with Gasteiger partial charge in [-0.1, -0.05) is 153 Å². The zero-order valence-electron chi connectivity index (χ0n) is 24.9. The first-order valence-electron chi connectivity index (χ1n) is 14.9. The van der Waals surface area contributed by atoms with Gasteiger partial charge in [-0.15, -0.1) is 0 Å². The maximum absolute atomic E-state index is 4.81. The Labute approximate surface area is 246 Å². The standard InChI is InChI=1S/C41H40/c1-7-28(3)39-29(4)22-36-24-33(30(5)40(36)41(39,6)37-16-12-9-13-17-37)23-35-25-34(31-14-10-8-11-15-31)26-38(35)32-20-18-27(2)19-21-32/h8-23,25-26,34,40H,3,5,7,24H2,1-2,4,6H3/b33-23+. The third-order valence-electron chi connectivity index (χ3n) is 9.47. The van der Waals surface area contributed by atoms with Gasteiger partial charge >= 0.3 is 0 Å². The Morgan fingerprint density at radius 3 is 2.22 bits per heavy atom. The van der Waals surface area contributed by atoms with Gasteiger partial charge < -0.3 is 0 Å². The minimum atomic E-state index is -0.207. The van der Waals surface area contributed by atoms with E-state index in [-0.39, 0.29) is 17.3 Å². The maximum atomic E-state index is 4.81. The van der Waals surface area contributed by atoms with Gasteiger partial charge in [-0.25, -0.2) is 0 Å². The summed E-state index contributed by atoms with van der Waals surface area (Å²) in [7, 11) is 0.